The summed E-state index contributed by atoms with van der Waals surface area (Å²) in [6, 6.07) is 12.5. The smallest absolute Gasteiger partial charge is 0.218 e. The summed E-state index contributed by atoms with van der Waals surface area (Å²) in [5.74, 6) is 0.897. The summed E-state index contributed by atoms with van der Waals surface area (Å²) in [7, 11) is 1.70. The molecule has 0 radical (unpaired) electrons. The molecule has 2 aromatic heterocycles. The fourth-order valence-electron chi connectivity index (χ4n) is 2.28. The minimum Gasteiger partial charge on any atom is -0.497 e. The molecule has 0 saturated carbocycles. The number of nitrogens with zero attached hydrogens (tertiary/aromatic N) is 1. The molecule has 0 aliphatic heterocycles. The van der Waals surface area contributed by atoms with Crippen LogP contribution in [0.15, 0.2) is 48.8 Å². The van der Waals surface area contributed by atoms with Crippen molar-refractivity contribution < 1.29 is 9.14 Å². The van der Waals surface area contributed by atoms with E-state index in [1.165, 1.54) is 21.9 Å². The van der Waals surface area contributed by atoms with Gasteiger partial charge in [-0.25, -0.2) is 0 Å². The maximum Gasteiger partial charge on any atom is 0.218 e. The van der Waals surface area contributed by atoms with Crippen LogP contribution >= 0.6 is 0 Å². The topological polar surface area (TPSA) is 13.3 Å². The van der Waals surface area contributed by atoms with Crippen LogP contribution in [0, 0.1) is 6.92 Å². The average molecular weight is 224 g/mol. The van der Waals surface area contributed by atoms with Gasteiger partial charge in [0, 0.05) is 17.7 Å². The Morgan fingerprint density at radius 2 is 1.94 bits per heavy atom. The Kier molecular flexibility index (Phi) is 2.22. The summed E-state index contributed by atoms with van der Waals surface area (Å²) >= 11 is 0. The van der Waals surface area contributed by atoms with Crippen molar-refractivity contribution in [3.8, 4) is 5.75 Å². The molecule has 2 nitrogen and oxygen atoms in total. The highest BCUT2D eigenvalue weighted by atomic mass is 16.5. The van der Waals surface area contributed by atoms with E-state index in [0.717, 1.165) is 5.75 Å². The van der Waals surface area contributed by atoms with Crippen LogP contribution in [0.2, 0.25) is 0 Å². The number of benzene rings is 1. The number of aromatic nitrogens is 1. The summed E-state index contributed by atoms with van der Waals surface area (Å²) in [4.78, 5) is 0. The predicted molar refractivity (Wildman–Crippen MR) is 68.4 cm³/mol. The summed E-state index contributed by atoms with van der Waals surface area (Å²) in [6.45, 7) is 2.13. The third-order valence-corrected chi connectivity index (χ3v) is 3.15. The first-order valence-electron chi connectivity index (χ1n) is 5.67. The first kappa shape index (κ1) is 10.1. The highest BCUT2D eigenvalue weighted by molar-refractivity contribution is 5.96. The lowest BCUT2D eigenvalue weighted by Crippen LogP contribution is -2.21. The monoisotopic (exact) mass is 224 g/mol. The molecule has 84 valence electrons. The maximum absolute atomic E-state index is 5.30. The lowest BCUT2D eigenvalue weighted by molar-refractivity contribution is -0.511. The van der Waals surface area contributed by atoms with Gasteiger partial charge in [0.1, 0.15) is 5.75 Å². The zero-order valence-electron chi connectivity index (χ0n) is 9.97. The van der Waals surface area contributed by atoms with E-state index >= 15 is 0 Å². The molecule has 2 heteroatoms. The Balaban J connectivity index is 2.52. The Labute approximate surface area is 100 Å². The molecule has 1 aromatic carbocycles. The van der Waals surface area contributed by atoms with Crippen molar-refractivity contribution in [3.05, 3.63) is 54.4 Å². The minimum absolute atomic E-state index is 0.897. The number of aryl methyl sites for hydroxylation is 1. The Morgan fingerprint density at radius 3 is 2.76 bits per heavy atom. The molecular formula is C15H14NO+. The van der Waals surface area contributed by atoms with E-state index in [9.17, 15) is 0 Å². The van der Waals surface area contributed by atoms with Crippen LogP contribution in [0.4, 0.5) is 0 Å². The molecule has 3 rings (SSSR count). The van der Waals surface area contributed by atoms with Gasteiger partial charge < -0.3 is 4.74 Å². The highest BCUT2D eigenvalue weighted by Gasteiger charge is 2.10. The number of fused-ring (bicyclic) bond motifs is 3. The Morgan fingerprint density at radius 1 is 1.06 bits per heavy atom. The van der Waals surface area contributed by atoms with Gasteiger partial charge in [-0.1, -0.05) is 0 Å². The quantitative estimate of drug-likeness (QED) is 0.457. The largest absolute Gasteiger partial charge is 0.497 e. The van der Waals surface area contributed by atoms with Gasteiger partial charge >= 0.3 is 0 Å². The normalized spacial score (nSPS) is 10.9. The second kappa shape index (κ2) is 3.74. The van der Waals surface area contributed by atoms with Gasteiger partial charge in [0.2, 0.25) is 5.52 Å². The molecule has 17 heavy (non-hydrogen) atoms. The van der Waals surface area contributed by atoms with E-state index < -0.39 is 0 Å². The van der Waals surface area contributed by atoms with Crippen molar-refractivity contribution in [3.63, 3.8) is 0 Å². The molecule has 2 heterocycles. The van der Waals surface area contributed by atoms with Crippen molar-refractivity contribution in [2.75, 3.05) is 7.11 Å². The van der Waals surface area contributed by atoms with Crippen LogP contribution in [-0.4, -0.2) is 7.11 Å². The highest BCUT2D eigenvalue weighted by Crippen LogP contribution is 2.25. The predicted octanol–water partition coefficient (Wildman–Crippen LogP) is 2.90. The van der Waals surface area contributed by atoms with E-state index in [0.29, 0.717) is 0 Å². The van der Waals surface area contributed by atoms with Gasteiger partial charge in [0.05, 0.1) is 12.5 Å². The summed E-state index contributed by atoms with van der Waals surface area (Å²) in [6.07, 6.45) is 4.23. The number of ether oxygens (including phenoxy) is 1. The molecular weight excluding hydrogens is 210 g/mol. The molecule has 0 fully saturated rings. The van der Waals surface area contributed by atoms with Crippen LogP contribution in [0.5, 0.6) is 5.75 Å². The minimum atomic E-state index is 0.897. The maximum atomic E-state index is 5.30. The summed E-state index contributed by atoms with van der Waals surface area (Å²) in [5, 5.41) is 2.50. The standard InChI is InChI=1S/C15H14NO/c1-11-10-16-8-4-3-5-15(16)14-9-12(17-2)6-7-13(11)14/h3-10H,1-2H3/q+1. The number of hydrogen-bond donors (Lipinski definition) is 0. The van der Waals surface area contributed by atoms with Gasteiger partial charge in [0.15, 0.2) is 12.4 Å². The van der Waals surface area contributed by atoms with Gasteiger partial charge in [-0.15, -0.1) is 0 Å². The zero-order valence-corrected chi connectivity index (χ0v) is 9.97. The number of rotatable bonds is 1. The fourth-order valence-corrected chi connectivity index (χ4v) is 2.28. The van der Waals surface area contributed by atoms with Crippen LogP contribution in [0.3, 0.4) is 0 Å². The molecule has 3 aromatic rings. The molecule has 0 saturated heterocycles. The lowest BCUT2D eigenvalue weighted by Gasteiger charge is -2.04. The van der Waals surface area contributed by atoms with Crippen LogP contribution in [-0.2, 0) is 0 Å². The summed E-state index contributed by atoms with van der Waals surface area (Å²) in [5.41, 5.74) is 2.47. The van der Waals surface area contributed by atoms with Gasteiger partial charge in [-0.2, -0.15) is 4.40 Å². The summed E-state index contributed by atoms with van der Waals surface area (Å²) < 4.78 is 7.45. The Hall–Kier alpha value is -2.09. The molecule has 0 aliphatic carbocycles. The van der Waals surface area contributed by atoms with Crippen LogP contribution in [0.25, 0.3) is 16.3 Å². The molecule has 0 bridgehead atoms. The van der Waals surface area contributed by atoms with Crippen molar-refractivity contribution in [2.24, 2.45) is 0 Å². The molecule has 0 atom stereocenters. The van der Waals surface area contributed by atoms with Crippen LogP contribution < -0.4 is 9.14 Å². The second-order valence-electron chi connectivity index (χ2n) is 4.22. The zero-order chi connectivity index (χ0) is 11.8. The molecule has 0 amide bonds. The van der Waals surface area contributed by atoms with Gasteiger partial charge in [0.25, 0.3) is 0 Å². The number of methoxy groups -OCH3 is 1. The molecule has 0 N–H and O–H groups in total. The van der Waals surface area contributed by atoms with Crippen molar-refractivity contribution in [1.29, 1.82) is 0 Å². The van der Waals surface area contributed by atoms with E-state index in [4.69, 9.17) is 4.74 Å². The van der Waals surface area contributed by atoms with Crippen molar-refractivity contribution in [1.82, 2.24) is 0 Å². The fraction of sp³-hybridized carbons (Fsp3) is 0.133. The van der Waals surface area contributed by atoms with Gasteiger partial charge in [-0.05, 0) is 36.6 Å². The first-order chi connectivity index (χ1) is 8.29. The lowest BCUT2D eigenvalue weighted by atomic mass is 10.1. The Bertz CT molecular complexity index is 704. The average Bonchev–Trinajstić information content (AvgIpc) is 2.38. The number of pyridine rings is 2. The third-order valence-electron chi connectivity index (χ3n) is 3.15. The van der Waals surface area contributed by atoms with Crippen molar-refractivity contribution >= 4 is 16.3 Å². The van der Waals surface area contributed by atoms with Crippen molar-refractivity contribution in [2.45, 2.75) is 6.92 Å². The molecule has 0 aliphatic rings. The SMILES string of the molecule is COc1ccc2c(C)c[n+]3ccccc3c2c1. The van der Waals surface area contributed by atoms with E-state index in [1.807, 2.05) is 12.1 Å². The number of hydrogen-bond acceptors (Lipinski definition) is 1. The van der Waals surface area contributed by atoms with E-state index in [1.54, 1.807) is 7.11 Å². The van der Waals surface area contributed by atoms with E-state index in [2.05, 4.69) is 48.0 Å². The third kappa shape index (κ3) is 1.53. The van der Waals surface area contributed by atoms with Crippen LogP contribution in [0.1, 0.15) is 5.56 Å². The first-order valence-corrected chi connectivity index (χ1v) is 5.67. The van der Waals surface area contributed by atoms with E-state index in [-0.39, 0.29) is 0 Å². The second-order valence-corrected chi connectivity index (χ2v) is 4.22. The van der Waals surface area contributed by atoms with Gasteiger partial charge in [-0.3, -0.25) is 0 Å². The molecule has 0 spiro atoms. The molecule has 0 unspecified atom stereocenters.